The van der Waals surface area contributed by atoms with Crippen LogP contribution < -0.4 is 5.32 Å². The Kier molecular flexibility index (Phi) is 6.05. The Hall–Kier alpha value is -0.830. The van der Waals surface area contributed by atoms with Crippen molar-refractivity contribution in [3.63, 3.8) is 0 Å². The van der Waals surface area contributed by atoms with Crippen molar-refractivity contribution in [3.05, 3.63) is 34.9 Å². The van der Waals surface area contributed by atoms with Gasteiger partial charge in [-0.25, -0.2) is 0 Å². The minimum Gasteiger partial charge on any atom is -0.351 e. The van der Waals surface area contributed by atoms with Crippen LogP contribution in [0, 0.1) is 19.3 Å². The Morgan fingerprint density at radius 3 is 2.58 bits per heavy atom. The molecule has 1 aromatic rings. The monoisotopic (exact) mass is 325 g/mol. The maximum Gasteiger partial charge on any atom is 0.251 e. The van der Waals surface area contributed by atoms with Crippen LogP contribution in [0.5, 0.6) is 0 Å². The Labute approximate surface area is 125 Å². The summed E-state index contributed by atoms with van der Waals surface area (Å²) < 4.78 is 0. The van der Waals surface area contributed by atoms with E-state index in [2.05, 4.69) is 35.1 Å². The highest BCUT2D eigenvalue weighted by Crippen LogP contribution is 2.22. The molecule has 0 aliphatic heterocycles. The van der Waals surface area contributed by atoms with Gasteiger partial charge in [0, 0.05) is 17.4 Å². The molecule has 19 heavy (non-hydrogen) atoms. The van der Waals surface area contributed by atoms with Gasteiger partial charge in [0.05, 0.1) is 0 Å². The first kappa shape index (κ1) is 16.2. The van der Waals surface area contributed by atoms with Gasteiger partial charge in [0.1, 0.15) is 0 Å². The van der Waals surface area contributed by atoms with Crippen molar-refractivity contribution < 1.29 is 4.79 Å². The molecule has 0 saturated carbocycles. The summed E-state index contributed by atoms with van der Waals surface area (Å²) in [6.07, 6.45) is 2.23. The second-order valence-corrected chi connectivity index (χ2v) is 6.75. The second-order valence-electron chi connectivity index (χ2n) is 5.96. The van der Waals surface area contributed by atoms with E-state index >= 15 is 0 Å². The number of benzene rings is 1. The predicted octanol–water partition coefficient (Wildman–Crippen LogP) is 4.23. The zero-order chi connectivity index (χ0) is 14.5. The summed E-state index contributed by atoms with van der Waals surface area (Å²) in [7, 11) is 0. The summed E-state index contributed by atoms with van der Waals surface area (Å²) in [5, 5.41) is 4.07. The van der Waals surface area contributed by atoms with E-state index in [9.17, 15) is 4.79 Å². The van der Waals surface area contributed by atoms with Gasteiger partial charge < -0.3 is 5.32 Å². The molecule has 0 aromatic heterocycles. The maximum absolute atomic E-state index is 12.2. The minimum absolute atomic E-state index is 0.0319. The van der Waals surface area contributed by atoms with Crippen molar-refractivity contribution in [3.8, 4) is 0 Å². The van der Waals surface area contributed by atoms with Crippen LogP contribution in [0.3, 0.4) is 0 Å². The SMILES string of the molecule is Cc1ccc(C(=O)NCC(C)(C)CCCBr)c(C)c1. The van der Waals surface area contributed by atoms with Gasteiger partial charge in [0.25, 0.3) is 5.91 Å². The fraction of sp³-hybridized carbons (Fsp3) is 0.562. The van der Waals surface area contributed by atoms with Gasteiger partial charge in [-0.3, -0.25) is 4.79 Å². The van der Waals surface area contributed by atoms with Gasteiger partial charge in [-0.2, -0.15) is 0 Å². The van der Waals surface area contributed by atoms with Crippen molar-refractivity contribution in [2.24, 2.45) is 5.41 Å². The van der Waals surface area contributed by atoms with Crippen LogP contribution in [-0.4, -0.2) is 17.8 Å². The maximum atomic E-state index is 12.2. The van der Waals surface area contributed by atoms with E-state index in [0.717, 1.165) is 29.3 Å². The topological polar surface area (TPSA) is 29.1 Å². The van der Waals surface area contributed by atoms with Crippen molar-refractivity contribution in [2.45, 2.75) is 40.5 Å². The molecule has 0 radical (unpaired) electrons. The number of hydrogen-bond donors (Lipinski definition) is 1. The molecule has 1 rings (SSSR count). The highest BCUT2D eigenvalue weighted by molar-refractivity contribution is 9.09. The lowest BCUT2D eigenvalue weighted by Gasteiger charge is -2.24. The van der Waals surface area contributed by atoms with Crippen LogP contribution in [0.25, 0.3) is 0 Å². The van der Waals surface area contributed by atoms with Crippen molar-refractivity contribution in [2.75, 3.05) is 11.9 Å². The number of rotatable bonds is 6. The molecule has 0 aliphatic rings. The zero-order valence-corrected chi connectivity index (χ0v) is 13.9. The number of amides is 1. The van der Waals surface area contributed by atoms with Crippen molar-refractivity contribution >= 4 is 21.8 Å². The average Bonchev–Trinajstić information content (AvgIpc) is 2.34. The van der Waals surface area contributed by atoms with E-state index < -0.39 is 0 Å². The Bertz CT molecular complexity index is 440. The van der Waals surface area contributed by atoms with Crippen LogP contribution in [0.1, 0.15) is 48.2 Å². The molecule has 0 bridgehead atoms. The first-order valence-corrected chi connectivity index (χ1v) is 7.89. The first-order valence-electron chi connectivity index (χ1n) is 6.77. The fourth-order valence-electron chi connectivity index (χ4n) is 2.12. The second kappa shape index (κ2) is 7.09. The molecule has 0 atom stereocenters. The number of carbonyl (C=O) groups is 1. The molecule has 0 unspecified atom stereocenters. The third kappa shape index (κ3) is 5.35. The first-order chi connectivity index (χ1) is 8.85. The van der Waals surface area contributed by atoms with Crippen LogP contribution in [0.4, 0.5) is 0 Å². The molecule has 1 aromatic carbocycles. The van der Waals surface area contributed by atoms with Gasteiger partial charge in [-0.15, -0.1) is 0 Å². The Balaban J connectivity index is 2.60. The molecule has 0 saturated heterocycles. The third-order valence-corrected chi connectivity index (χ3v) is 3.90. The van der Waals surface area contributed by atoms with E-state index in [1.54, 1.807) is 0 Å². The van der Waals surface area contributed by atoms with Crippen LogP contribution >= 0.6 is 15.9 Å². The molecule has 0 heterocycles. The van der Waals surface area contributed by atoms with Crippen LogP contribution in [0.15, 0.2) is 18.2 Å². The fourth-order valence-corrected chi connectivity index (χ4v) is 2.40. The van der Waals surface area contributed by atoms with Crippen LogP contribution in [-0.2, 0) is 0 Å². The van der Waals surface area contributed by atoms with Gasteiger partial charge in [0.15, 0.2) is 0 Å². The number of carbonyl (C=O) groups excluding carboxylic acids is 1. The normalized spacial score (nSPS) is 11.4. The summed E-state index contributed by atoms with van der Waals surface area (Å²) >= 11 is 3.45. The zero-order valence-electron chi connectivity index (χ0n) is 12.3. The molecule has 3 heteroatoms. The number of hydrogen-bond acceptors (Lipinski definition) is 1. The van der Waals surface area contributed by atoms with E-state index in [1.165, 1.54) is 5.56 Å². The number of nitrogens with one attached hydrogen (secondary N) is 1. The molecule has 1 amide bonds. The van der Waals surface area contributed by atoms with Crippen LogP contribution in [0.2, 0.25) is 0 Å². The number of alkyl halides is 1. The molecular weight excluding hydrogens is 302 g/mol. The summed E-state index contributed by atoms with van der Waals surface area (Å²) in [6.45, 7) is 9.12. The highest BCUT2D eigenvalue weighted by atomic mass is 79.9. The minimum atomic E-state index is 0.0319. The summed E-state index contributed by atoms with van der Waals surface area (Å²) in [5.74, 6) is 0.0319. The lowest BCUT2D eigenvalue weighted by atomic mass is 9.88. The summed E-state index contributed by atoms with van der Waals surface area (Å²) in [5.41, 5.74) is 3.14. The van der Waals surface area contributed by atoms with E-state index in [0.29, 0.717) is 6.54 Å². The molecule has 1 N–H and O–H groups in total. The average molecular weight is 326 g/mol. The molecular formula is C16H24BrNO. The molecule has 2 nitrogen and oxygen atoms in total. The summed E-state index contributed by atoms with van der Waals surface area (Å²) in [6, 6.07) is 5.94. The standard InChI is InChI=1S/C16H24BrNO/c1-12-6-7-14(13(2)10-12)15(19)18-11-16(3,4)8-5-9-17/h6-7,10H,5,8-9,11H2,1-4H3,(H,18,19). The Morgan fingerprint density at radius 2 is 2.00 bits per heavy atom. The molecule has 0 spiro atoms. The Morgan fingerprint density at radius 1 is 1.32 bits per heavy atom. The van der Waals surface area contributed by atoms with Gasteiger partial charge in [-0.1, -0.05) is 47.5 Å². The van der Waals surface area contributed by atoms with Gasteiger partial charge in [-0.05, 0) is 43.7 Å². The lowest BCUT2D eigenvalue weighted by molar-refractivity contribution is 0.0934. The summed E-state index contributed by atoms with van der Waals surface area (Å²) in [4.78, 5) is 12.2. The molecule has 106 valence electrons. The highest BCUT2D eigenvalue weighted by Gasteiger charge is 2.19. The predicted molar refractivity (Wildman–Crippen MR) is 85.1 cm³/mol. The molecule has 0 fully saturated rings. The number of aryl methyl sites for hydroxylation is 2. The molecule has 0 aliphatic carbocycles. The lowest BCUT2D eigenvalue weighted by Crippen LogP contribution is -2.34. The van der Waals surface area contributed by atoms with Crippen molar-refractivity contribution in [1.29, 1.82) is 0 Å². The van der Waals surface area contributed by atoms with Crippen molar-refractivity contribution in [1.82, 2.24) is 5.32 Å². The number of halogens is 1. The van der Waals surface area contributed by atoms with Gasteiger partial charge in [0.2, 0.25) is 0 Å². The van der Waals surface area contributed by atoms with E-state index in [-0.39, 0.29) is 11.3 Å². The third-order valence-electron chi connectivity index (χ3n) is 3.34. The van der Waals surface area contributed by atoms with E-state index in [4.69, 9.17) is 0 Å². The van der Waals surface area contributed by atoms with E-state index in [1.807, 2.05) is 32.0 Å². The smallest absolute Gasteiger partial charge is 0.251 e. The van der Waals surface area contributed by atoms with Gasteiger partial charge >= 0.3 is 0 Å². The quantitative estimate of drug-likeness (QED) is 0.779. The largest absolute Gasteiger partial charge is 0.351 e.